The molecule has 19 heavy (non-hydrogen) atoms. The topological polar surface area (TPSA) is 93.4 Å². The third-order valence-electron chi connectivity index (χ3n) is 3.46. The van der Waals surface area contributed by atoms with Crippen LogP contribution in [0.15, 0.2) is 0 Å². The van der Waals surface area contributed by atoms with Crippen molar-refractivity contribution in [2.45, 2.75) is 45.4 Å². The van der Waals surface area contributed by atoms with Crippen LogP contribution in [0, 0.1) is 0 Å². The molecule has 2 aromatic rings. The maximum absolute atomic E-state index is 5.80. The number of fused-ring (bicyclic) bond motifs is 1. The number of aromatic nitrogens is 5. The number of aromatic amines is 1. The number of hydrogen-bond donors (Lipinski definition) is 2. The number of hydrogen-bond acceptors (Lipinski definition) is 5. The van der Waals surface area contributed by atoms with Gasteiger partial charge in [0.1, 0.15) is 11.5 Å². The molecular formula is C13H18N6. The number of nitrogens with zero attached hydrogens (tertiary/aromatic N) is 4. The van der Waals surface area contributed by atoms with E-state index in [1.54, 1.807) is 0 Å². The molecule has 1 aliphatic carbocycles. The van der Waals surface area contributed by atoms with E-state index in [1.165, 1.54) is 0 Å². The fraction of sp³-hybridized carbons (Fsp3) is 0.538. The fourth-order valence-electron chi connectivity index (χ4n) is 2.44. The number of rotatable bonds is 2. The fourth-order valence-corrected chi connectivity index (χ4v) is 2.44. The van der Waals surface area contributed by atoms with Crippen LogP contribution in [0.4, 0.5) is 5.95 Å². The highest BCUT2D eigenvalue weighted by Crippen LogP contribution is 2.28. The molecule has 3 rings (SSSR count). The van der Waals surface area contributed by atoms with Gasteiger partial charge >= 0.3 is 0 Å². The molecule has 3 N–H and O–H groups in total. The zero-order valence-electron chi connectivity index (χ0n) is 11.3. The van der Waals surface area contributed by atoms with Crippen LogP contribution in [0.25, 0.3) is 11.5 Å². The summed E-state index contributed by atoms with van der Waals surface area (Å²) in [5, 5.41) is 7.24. The van der Waals surface area contributed by atoms with Crippen molar-refractivity contribution >= 4 is 5.95 Å². The lowest BCUT2D eigenvalue weighted by Gasteiger charge is -2.16. The lowest BCUT2D eigenvalue weighted by atomic mass is 9.94. The maximum atomic E-state index is 5.80. The summed E-state index contributed by atoms with van der Waals surface area (Å²) >= 11 is 0. The predicted octanol–water partition coefficient (Wildman–Crippen LogP) is 1.85. The molecule has 0 unspecified atom stereocenters. The summed E-state index contributed by atoms with van der Waals surface area (Å²) in [5.74, 6) is 2.13. The summed E-state index contributed by atoms with van der Waals surface area (Å²) in [5.41, 5.74) is 8.82. The molecule has 2 heterocycles. The van der Waals surface area contributed by atoms with Gasteiger partial charge in [0.15, 0.2) is 5.82 Å². The number of nitrogens with two attached hydrogens (primary N) is 1. The van der Waals surface area contributed by atoms with Gasteiger partial charge in [-0.05, 0) is 25.7 Å². The molecule has 1 aliphatic rings. The van der Waals surface area contributed by atoms with Gasteiger partial charge in [-0.15, -0.1) is 0 Å². The first kappa shape index (κ1) is 12.1. The summed E-state index contributed by atoms with van der Waals surface area (Å²) < 4.78 is 0. The molecule has 0 bridgehead atoms. The molecule has 0 fully saturated rings. The van der Waals surface area contributed by atoms with Gasteiger partial charge in [0, 0.05) is 17.2 Å². The normalized spacial score (nSPS) is 14.7. The van der Waals surface area contributed by atoms with Crippen molar-refractivity contribution in [1.29, 1.82) is 0 Å². The Balaban J connectivity index is 2.10. The minimum atomic E-state index is 0.312. The molecule has 0 atom stereocenters. The minimum absolute atomic E-state index is 0.312. The van der Waals surface area contributed by atoms with E-state index in [-0.39, 0.29) is 0 Å². The quantitative estimate of drug-likeness (QED) is 0.857. The number of anilines is 1. The van der Waals surface area contributed by atoms with Crippen molar-refractivity contribution in [3.63, 3.8) is 0 Å². The molecule has 0 saturated heterocycles. The highest BCUT2D eigenvalue weighted by atomic mass is 15.2. The predicted molar refractivity (Wildman–Crippen MR) is 72.6 cm³/mol. The van der Waals surface area contributed by atoms with Gasteiger partial charge in [0.25, 0.3) is 0 Å². The standard InChI is InChI=1S/C13H18N6/c1-7(2)11-17-12(19-18-11)10-8-5-3-4-6-9(8)15-13(14)16-10/h7H,3-6H2,1-2H3,(H2,14,15,16)(H,17,18,19). The van der Waals surface area contributed by atoms with Gasteiger partial charge in [-0.25, -0.2) is 15.0 Å². The average molecular weight is 258 g/mol. The summed E-state index contributed by atoms with van der Waals surface area (Å²) in [6, 6.07) is 0. The Hall–Kier alpha value is -1.98. The Morgan fingerprint density at radius 2 is 1.89 bits per heavy atom. The molecule has 0 amide bonds. The van der Waals surface area contributed by atoms with Crippen LogP contribution >= 0.6 is 0 Å². The van der Waals surface area contributed by atoms with Crippen molar-refractivity contribution in [2.75, 3.05) is 5.73 Å². The van der Waals surface area contributed by atoms with E-state index in [0.29, 0.717) is 17.7 Å². The van der Waals surface area contributed by atoms with Gasteiger partial charge in [0.05, 0.1) is 0 Å². The number of aryl methyl sites for hydroxylation is 1. The molecule has 0 aliphatic heterocycles. The molecule has 6 nitrogen and oxygen atoms in total. The Morgan fingerprint density at radius 1 is 1.11 bits per heavy atom. The lowest BCUT2D eigenvalue weighted by molar-refractivity contribution is 0.665. The summed E-state index contributed by atoms with van der Waals surface area (Å²) in [6.07, 6.45) is 4.27. The highest BCUT2D eigenvalue weighted by Gasteiger charge is 2.21. The molecule has 0 saturated carbocycles. The number of H-pyrrole nitrogens is 1. The summed E-state index contributed by atoms with van der Waals surface area (Å²) in [6.45, 7) is 4.15. The van der Waals surface area contributed by atoms with Crippen molar-refractivity contribution < 1.29 is 0 Å². The SMILES string of the molecule is CC(C)c1nc(-c2nc(N)nc3c2CCCC3)n[nH]1. The van der Waals surface area contributed by atoms with E-state index in [2.05, 4.69) is 39.0 Å². The largest absolute Gasteiger partial charge is 0.368 e. The van der Waals surface area contributed by atoms with Gasteiger partial charge < -0.3 is 5.73 Å². The first-order chi connectivity index (χ1) is 9.15. The van der Waals surface area contributed by atoms with E-state index in [9.17, 15) is 0 Å². The van der Waals surface area contributed by atoms with E-state index >= 15 is 0 Å². The average Bonchev–Trinajstić information content (AvgIpc) is 2.87. The first-order valence-corrected chi connectivity index (χ1v) is 6.73. The molecule has 0 aromatic carbocycles. The Morgan fingerprint density at radius 3 is 2.63 bits per heavy atom. The second-order valence-electron chi connectivity index (χ2n) is 5.26. The van der Waals surface area contributed by atoms with Crippen LogP contribution in [0.1, 0.15) is 49.7 Å². The van der Waals surface area contributed by atoms with Gasteiger partial charge in [-0.1, -0.05) is 13.8 Å². The Kier molecular flexibility index (Phi) is 2.93. The zero-order chi connectivity index (χ0) is 13.4. The smallest absolute Gasteiger partial charge is 0.220 e. The van der Waals surface area contributed by atoms with Crippen molar-refractivity contribution in [3.05, 3.63) is 17.1 Å². The van der Waals surface area contributed by atoms with E-state index in [1.807, 2.05) is 0 Å². The van der Waals surface area contributed by atoms with Gasteiger partial charge in [-0.2, -0.15) is 5.10 Å². The molecule has 6 heteroatoms. The van der Waals surface area contributed by atoms with Crippen molar-refractivity contribution in [1.82, 2.24) is 25.1 Å². The van der Waals surface area contributed by atoms with Crippen LogP contribution in [-0.4, -0.2) is 25.1 Å². The van der Waals surface area contributed by atoms with Crippen LogP contribution in [-0.2, 0) is 12.8 Å². The van der Waals surface area contributed by atoms with E-state index in [4.69, 9.17) is 5.73 Å². The van der Waals surface area contributed by atoms with Crippen LogP contribution in [0.3, 0.4) is 0 Å². The molecular weight excluding hydrogens is 240 g/mol. The maximum Gasteiger partial charge on any atom is 0.220 e. The monoisotopic (exact) mass is 258 g/mol. The van der Waals surface area contributed by atoms with Gasteiger partial charge in [0.2, 0.25) is 5.95 Å². The second kappa shape index (κ2) is 4.60. The summed E-state index contributed by atoms with van der Waals surface area (Å²) in [4.78, 5) is 13.2. The van der Waals surface area contributed by atoms with Crippen molar-refractivity contribution in [2.24, 2.45) is 0 Å². The van der Waals surface area contributed by atoms with Crippen molar-refractivity contribution in [3.8, 4) is 11.5 Å². The molecule has 2 aromatic heterocycles. The van der Waals surface area contributed by atoms with Crippen LogP contribution in [0.5, 0.6) is 0 Å². The van der Waals surface area contributed by atoms with E-state index in [0.717, 1.165) is 48.5 Å². The first-order valence-electron chi connectivity index (χ1n) is 6.73. The number of nitrogen functional groups attached to an aromatic ring is 1. The molecule has 0 radical (unpaired) electrons. The highest BCUT2D eigenvalue weighted by molar-refractivity contribution is 5.58. The molecule has 0 spiro atoms. The van der Waals surface area contributed by atoms with Crippen LogP contribution < -0.4 is 5.73 Å². The minimum Gasteiger partial charge on any atom is -0.368 e. The molecule has 100 valence electrons. The zero-order valence-corrected chi connectivity index (χ0v) is 11.3. The Bertz CT molecular complexity index is 601. The third kappa shape index (κ3) is 2.18. The van der Waals surface area contributed by atoms with Crippen LogP contribution in [0.2, 0.25) is 0 Å². The summed E-state index contributed by atoms with van der Waals surface area (Å²) in [7, 11) is 0. The Labute approximate surface area is 111 Å². The number of nitrogens with one attached hydrogen (secondary N) is 1. The van der Waals surface area contributed by atoms with Gasteiger partial charge in [-0.3, -0.25) is 5.10 Å². The lowest BCUT2D eigenvalue weighted by Crippen LogP contribution is -2.12. The van der Waals surface area contributed by atoms with E-state index < -0.39 is 0 Å². The second-order valence-corrected chi connectivity index (χ2v) is 5.26. The third-order valence-corrected chi connectivity index (χ3v) is 3.46.